The summed E-state index contributed by atoms with van der Waals surface area (Å²) in [7, 11) is -1.57. The number of halogens is 1. The van der Waals surface area contributed by atoms with Crippen LogP contribution in [0.15, 0.2) is 0 Å². The van der Waals surface area contributed by atoms with E-state index in [0.29, 0.717) is 31.9 Å². The highest BCUT2D eigenvalue weighted by atomic mass is 35.5. The minimum Gasteiger partial charge on any atom is -0.383 e. The van der Waals surface area contributed by atoms with E-state index in [1.165, 1.54) is 0 Å². The second-order valence-electron chi connectivity index (χ2n) is 4.24. The van der Waals surface area contributed by atoms with Gasteiger partial charge in [-0.2, -0.15) is 0 Å². The number of rotatable bonds is 9. The molecule has 0 aromatic rings. The van der Waals surface area contributed by atoms with Gasteiger partial charge in [0.25, 0.3) is 0 Å². The lowest BCUT2D eigenvalue weighted by Gasteiger charge is -2.10. The van der Waals surface area contributed by atoms with E-state index in [1.54, 1.807) is 7.11 Å². The van der Waals surface area contributed by atoms with Crippen LogP contribution in [0.25, 0.3) is 0 Å². The molecule has 0 saturated heterocycles. The van der Waals surface area contributed by atoms with Crippen molar-refractivity contribution in [1.82, 2.24) is 4.72 Å². The van der Waals surface area contributed by atoms with Crippen molar-refractivity contribution in [2.24, 2.45) is 5.92 Å². The Kier molecular flexibility index (Phi) is 8.36. The molecule has 0 heterocycles. The monoisotopic (exact) mass is 271 g/mol. The molecular weight excluding hydrogens is 250 g/mol. The third-order valence-electron chi connectivity index (χ3n) is 2.09. The van der Waals surface area contributed by atoms with Gasteiger partial charge in [-0.1, -0.05) is 13.8 Å². The summed E-state index contributed by atoms with van der Waals surface area (Å²) in [5, 5.41) is -0.141. The van der Waals surface area contributed by atoms with Gasteiger partial charge in [0.1, 0.15) is 0 Å². The maximum atomic E-state index is 11.5. The number of hydrogen-bond donors (Lipinski definition) is 1. The molecule has 1 N–H and O–H groups in total. The van der Waals surface area contributed by atoms with E-state index in [2.05, 4.69) is 4.72 Å². The van der Waals surface area contributed by atoms with Crippen molar-refractivity contribution in [2.75, 3.05) is 26.0 Å². The minimum absolute atomic E-state index is 0.141. The predicted octanol–water partition coefficient (Wildman–Crippen LogP) is 1.60. The summed E-state index contributed by atoms with van der Waals surface area (Å²) in [4.78, 5) is 0. The fourth-order valence-electron chi connectivity index (χ4n) is 1.10. The molecular formula is C10H22ClNO3S. The van der Waals surface area contributed by atoms with Crippen LogP contribution in [0.5, 0.6) is 0 Å². The first-order chi connectivity index (χ1) is 7.37. The Hall–Kier alpha value is 0.160. The highest BCUT2D eigenvalue weighted by Gasteiger charge is 2.11. The van der Waals surface area contributed by atoms with Crippen molar-refractivity contribution >= 4 is 21.6 Å². The molecule has 0 rings (SSSR count). The summed E-state index contributed by atoms with van der Waals surface area (Å²) in [6.45, 7) is 4.82. The van der Waals surface area contributed by atoms with Crippen molar-refractivity contribution in [3.8, 4) is 0 Å². The molecule has 0 spiro atoms. The number of methoxy groups -OCH3 is 1. The van der Waals surface area contributed by atoms with Crippen LogP contribution in [-0.4, -0.2) is 39.8 Å². The molecule has 6 heteroatoms. The molecule has 16 heavy (non-hydrogen) atoms. The van der Waals surface area contributed by atoms with Gasteiger partial charge >= 0.3 is 0 Å². The number of hydrogen-bond acceptors (Lipinski definition) is 3. The van der Waals surface area contributed by atoms with Crippen LogP contribution < -0.4 is 4.72 Å². The van der Waals surface area contributed by atoms with Gasteiger partial charge in [0.15, 0.2) is 0 Å². The van der Waals surface area contributed by atoms with E-state index in [9.17, 15) is 8.42 Å². The van der Waals surface area contributed by atoms with Crippen LogP contribution >= 0.6 is 11.6 Å². The summed E-state index contributed by atoms with van der Waals surface area (Å²) in [6.07, 6.45) is 1.26. The summed E-state index contributed by atoms with van der Waals surface area (Å²) in [5.41, 5.74) is 0. The Bertz CT molecular complexity index is 267. The Morgan fingerprint density at radius 3 is 2.44 bits per heavy atom. The van der Waals surface area contributed by atoms with Crippen molar-refractivity contribution in [3.05, 3.63) is 0 Å². The lowest BCUT2D eigenvalue weighted by molar-refractivity contribution is 0.196. The number of sulfonamides is 1. The Morgan fingerprint density at radius 1 is 1.31 bits per heavy atom. The molecule has 1 unspecified atom stereocenters. The van der Waals surface area contributed by atoms with Crippen molar-refractivity contribution < 1.29 is 13.2 Å². The Labute approximate surface area is 104 Å². The van der Waals surface area contributed by atoms with Crippen LogP contribution in [0, 0.1) is 5.92 Å². The van der Waals surface area contributed by atoms with Crippen LogP contribution in [0.4, 0.5) is 0 Å². The zero-order chi connectivity index (χ0) is 12.6. The largest absolute Gasteiger partial charge is 0.383 e. The highest BCUT2D eigenvalue weighted by molar-refractivity contribution is 7.89. The third-order valence-corrected chi connectivity index (χ3v) is 3.85. The van der Waals surface area contributed by atoms with Gasteiger partial charge in [0, 0.05) is 13.7 Å². The topological polar surface area (TPSA) is 55.4 Å². The van der Waals surface area contributed by atoms with Crippen LogP contribution in [-0.2, 0) is 14.8 Å². The first kappa shape index (κ1) is 16.2. The lowest BCUT2D eigenvalue weighted by atomic mass is 10.2. The van der Waals surface area contributed by atoms with Gasteiger partial charge in [-0.25, -0.2) is 13.1 Å². The van der Waals surface area contributed by atoms with Crippen molar-refractivity contribution in [2.45, 2.75) is 32.1 Å². The lowest BCUT2D eigenvalue weighted by Crippen LogP contribution is -2.29. The molecule has 0 aliphatic heterocycles. The summed E-state index contributed by atoms with van der Waals surface area (Å²) < 4.78 is 30.4. The standard InChI is InChI=1S/C10H22ClNO3S/c1-9(2)5-7-16(13,14)12-6-4-10(11)8-15-3/h9-10,12H,4-8H2,1-3H3. The van der Waals surface area contributed by atoms with E-state index in [0.717, 1.165) is 0 Å². The van der Waals surface area contributed by atoms with Gasteiger partial charge in [-0.05, 0) is 18.8 Å². The zero-order valence-corrected chi connectivity index (χ0v) is 11.8. The van der Waals surface area contributed by atoms with Crippen LogP contribution in [0.2, 0.25) is 0 Å². The van der Waals surface area contributed by atoms with Gasteiger partial charge in [-0.15, -0.1) is 11.6 Å². The average Bonchev–Trinajstić information content (AvgIpc) is 2.15. The first-order valence-corrected chi connectivity index (χ1v) is 7.56. The van der Waals surface area contributed by atoms with E-state index < -0.39 is 10.0 Å². The molecule has 0 radical (unpaired) electrons. The molecule has 0 aliphatic carbocycles. The fraction of sp³-hybridized carbons (Fsp3) is 1.00. The average molecular weight is 272 g/mol. The second-order valence-corrected chi connectivity index (χ2v) is 6.78. The fourth-order valence-corrected chi connectivity index (χ4v) is 2.69. The Morgan fingerprint density at radius 2 is 1.94 bits per heavy atom. The maximum Gasteiger partial charge on any atom is 0.211 e. The first-order valence-electron chi connectivity index (χ1n) is 5.47. The highest BCUT2D eigenvalue weighted by Crippen LogP contribution is 2.04. The molecule has 0 amide bonds. The summed E-state index contributed by atoms with van der Waals surface area (Å²) in [6, 6.07) is 0. The van der Waals surface area contributed by atoms with E-state index >= 15 is 0 Å². The van der Waals surface area contributed by atoms with Crippen LogP contribution in [0.1, 0.15) is 26.7 Å². The molecule has 0 fully saturated rings. The maximum absolute atomic E-state index is 11.5. The predicted molar refractivity (Wildman–Crippen MR) is 67.4 cm³/mol. The summed E-state index contributed by atoms with van der Waals surface area (Å²) in [5.74, 6) is 0.577. The molecule has 0 bridgehead atoms. The molecule has 1 atom stereocenters. The summed E-state index contributed by atoms with van der Waals surface area (Å²) >= 11 is 5.88. The van der Waals surface area contributed by atoms with Gasteiger partial charge in [0.05, 0.1) is 17.7 Å². The molecule has 98 valence electrons. The van der Waals surface area contributed by atoms with E-state index in [1.807, 2.05) is 13.8 Å². The van der Waals surface area contributed by atoms with Gasteiger partial charge < -0.3 is 4.74 Å². The van der Waals surface area contributed by atoms with Crippen LogP contribution in [0.3, 0.4) is 0 Å². The van der Waals surface area contributed by atoms with E-state index in [4.69, 9.17) is 16.3 Å². The second kappa shape index (κ2) is 8.28. The number of nitrogens with one attached hydrogen (secondary N) is 1. The third kappa shape index (κ3) is 9.39. The number of alkyl halides is 1. The zero-order valence-electron chi connectivity index (χ0n) is 10.2. The van der Waals surface area contributed by atoms with E-state index in [-0.39, 0.29) is 11.1 Å². The van der Waals surface area contributed by atoms with Gasteiger partial charge in [0.2, 0.25) is 10.0 Å². The quantitative estimate of drug-likeness (QED) is 0.648. The normalized spacial score (nSPS) is 14.3. The van der Waals surface area contributed by atoms with Gasteiger partial charge in [-0.3, -0.25) is 0 Å². The minimum atomic E-state index is -3.14. The molecule has 0 aliphatic rings. The SMILES string of the molecule is COCC(Cl)CCNS(=O)(=O)CCC(C)C. The molecule has 0 saturated carbocycles. The molecule has 0 aromatic heterocycles. The molecule has 4 nitrogen and oxygen atoms in total. The number of ether oxygens (including phenoxy) is 1. The van der Waals surface area contributed by atoms with Crippen molar-refractivity contribution in [1.29, 1.82) is 0 Å². The van der Waals surface area contributed by atoms with Crippen molar-refractivity contribution in [3.63, 3.8) is 0 Å². The Balaban J connectivity index is 3.74. The smallest absolute Gasteiger partial charge is 0.211 e. The molecule has 0 aromatic carbocycles.